The van der Waals surface area contributed by atoms with E-state index in [1.54, 1.807) is 11.3 Å². The van der Waals surface area contributed by atoms with Gasteiger partial charge in [0.2, 0.25) is 0 Å². The fraction of sp³-hybridized carbons (Fsp3) is 0. The summed E-state index contributed by atoms with van der Waals surface area (Å²) in [5.74, 6) is 1.53. The molecule has 0 saturated heterocycles. The van der Waals surface area contributed by atoms with Gasteiger partial charge in [0.05, 0.1) is 10.4 Å². The van der Waals surface area contributed by atoms with Crippen LogP contribution in [0.15, 0.2) is 124 Å². The van der Waals surface area contributed by atoms with Crippen molar-refractivity contribution in [2.24, 2.45) is 0 Å². The summed E-state index contributed by atoms with van der Waals surface area (Å²) in [6.07, 6.45) is 0. The second-order valence-corrected chi connectivity index (χ2v) is 10.9. The van der Waals surface area contributed by atoms with Crippen molar-refractivity contribution < 1.29 is 8.83 Å². The number of nitrogens with zero attached hydrogens (tertiary/aromatic N) is 3. The molecule has 0 atom stereocenters. The Morgan fingerprint density at radius 1 is 0.475 bits per heavy atom. The number of hydrogen-bond donors (Lipinski definition) is 0. The molecule has 0 aliphatic carbocycles. The van der Waals surface area contributed by atoms with Gasteiger partial charge in [-0.2, -0.15) is 0 Å². The van der Waals surface area contributed by atoms with Crippen LogP contribution in [0.2, 0.25) is 0 Å². The second kappa shape index (κ2) is 8.15. The number of anilines is 3. The minimum atomic E-state index is 0.759. The Bertz CT molecular complexity index is 2300. The normalized spacial score (nSPS) is 12.0. The van der Waals surface area contributed by atoms with Gasteiger partial charge in [-0.05, 0) is 60.7 Å². The lowest BCUT2D eigenvalue weighted by molar-refractivity contribution is 0.668. The van der Waals surface area contributed by atoms with Gasteiger partial charge in [-0.25, -0.2) is 9.97 Å². The molecule has 188 valence electrons. The molecule has 0 N–H and O–H groups in total. The van der Waals surface area contributed by atoms with Gasteiger partial charge < -0.3 is 8.83 Å². The van der Waals surface area contributed by atoms with E-state index in [-0.39, 0.29) is 0 Å². The van der Waals surface area contributed by atoms with Crippen LogP contribution in [-0.4, -0.2) is 9.97 Å². The molecule has 0 aliphatic heterocycles. The summed E-state index contributed by atoms with van der Waals surface area (Å²) in [5.41, 5.74) is 5.85. The number of hydrogen-bond acceptors (Lipinski definition) is 6. The summed E-state index contributed by atoms with van der Waals surface area (Å²) in [4.78, 5) is 12.5. The highest BCUT2D eigenvalue weighted by atomic mass is 32.1. The van der Waals surface area contributed by atoms with Crippen molar-refractivity contribution in [1.29, 1.82) is 0 Å². The molecule has 0 radical (unpaired) electrons. The van der Waals surface area contributed by atoms with Crippen molar-refractivity contribution in [3.8, 4) is 0 Å². The van der Waals surface area contributed by atoms with Crippen molar-refractivity contribution in [2.45, 2.75) is 0 Å². The zero-order chi connectivity index (χ0) is 26.2. The molecular formula is C34H19N3O2S. The highest BCUT2D eigenvalue weighted by Crippen LogP contribution is 2.45. The lowest BCUT2D eigenvalue weighted by Crippen LogP contribution is -2.13. The lowest BCUT2D eigenvalue weighted by atomic mass is 10.1. The molecule has 0 spiro atoms. The number of thiophene rings is 1. The smallest absolute Gasteiger partial charge is 0.154 e. The quantitative estimate of drug-likeness (QED) is 0.226. The molecular weight excluding hydrogens is 514 g/mol. The van der Waals surface area contributed by atoms with Gasteiger partial charge in [0, 0.05) is 26.2 Å². The summed E-state index contributed by atoms with van der Waals surface area (Å²) in [6, 6.07) is 39.1. The van der Waals surface area contributed by atoms with Crippen LogP contribution in [0.1, 0.15) is 0 Å². The van der Waals surface area contributed by atoms with Crippen molar-refractivity contribution >= 4 is 93.0 Å². The molecule has 0 fully saturated rings. The van der Waals surface area contributed by atoms with E-state index >= 15 is 0 Å². The van der Waals surface area contributed by atoms with Gasteiger partial charge in [0.1, 0.15) is 33.8 Å². The maximum atomic E-state index is 6.10. The van der Waals surface area contributed by atoms with Gasteiger partial charge in [-0.3, -0.25) is 4.90 Å². The van der Waals surface area contributed by atoms with E-state index in [0.29, 0.717) is 0 Å². The average Bonchev–Trinajstić information content (AvgIpc) is 3.68. The van der Waals surface area contributed by atoms with Crippen LogP contribution in [-0.2, 0) is 0 Å². The fourth-order valence-corrected chi connectivity index (χ4v) is 6.89. The SMILES string of the molecule is c1ccc2c(c1)oc1ccc(N(c3ccc4oc5ccccc5c4n3)c3cccc4c3sc3ccccc34)nc12. The Kier molecular flexibility index (Phi) is 4.42. The Hall–Kier alpha value is -5.20. The van der Waals surface area contributed by atoms with Crippen molar-refractivity contribution in [2.75, 3.05) is 4.90 Å². The highest BCUT2D eigenvalue weighted by molar-refractivity contribution is 7.26. The number of pyridine rings is 2. The van der Waals surface area contributed by atoms with Gasteiger partial charge in [-0.1, -0.05) is 54.6 Å². The number of rotatable bonds is 3. The Morgan fingerprint density at radius 2 is 1.02 bits per heavy atom. The van der Waals surface area contributed by atoms with E-state index in [1.807, 2.05) is 60.7 Å². The topological polar surface area (TPSA) is 55.3 Å². The van der Waals surface area contributed by atoms with Crippen molar-refractivity contribution in [1.82, 2.24) is 9.97 Å². The van der Waals surface area contributed by atoms with Gasteiger partial charge in [0.25, 0.3) is 0 Å². The van der Waals surface area contributed by atoms with Crippen LogP contribution >= 0.6 is 11.3 Å². The van der Waals surface area contributed by atoms with Gasteiger partial charge >= 0.3 is 0 Å². The van der Waals surface area contributed by atoms with E-state index in [0.717, 1.165) is 61.5 Å². The molecule has 0 saturated carbocycles. The van der Waals surface area contributed by atoms with Crippen LogP contribution in [0.3, 0.4) is 0 Å². The molecule has 0 amide bonds. The molecule has 9 aromatic rings. The number of fused-ring (bicyclic) bond motifs is 9. The predicted octanol–water partition coefficient (Wildman–Crippen LogP) is 10.1. The minimum absolute atomic E-state index is 0.759. The molecule has 4 aromatic carbocycles. The zero-order valence-electron chi connectivity index (χ0n) is 21.0. The van der Waals surface area contributed by atoms with Crippen molar-refractivity contribution in [3.05, 3.63) is 115 Å². The van der Waals surface area contributed by atoms with E-state index in [2.05, 4.69) is 59.5 Å². The number of furan rings is 2. The molecule has 40 heavy (non-hydrogen) atoms. The number of para-hydroxylation sites is 2. The van der Waals surface area contributed by atoms with E-state index in [4.69, 9.17) is 18.8 Å². The first-order valence-electron chi connectivity index (χ1n) is 13.1. The summed E-state index contributed by atoms with van der Waals surface area (Å²) < 4.78 is 14.6. The molecule has 6 heteroatoms. The Balaban J connectivity index is 1.36. The monoisotopic (exact) mass is 533 g/mol. The zero-order valence-corrected chi connectivity index (χ0v) is 21.9. The Labute approximate surface area is 231 Å². The predicted molar refractivity (Wildman–Crippen MR) is 164 cm³/mol. The van der Waals surface area contributed by atoms with Crippen LogP contribution < -0.4 is 4.90 Å². The lowest BCUT2D eigenvalue weighted by Gasteiger charge is -2.23. The van der Waals surface area contributed by atoms with Gasteiger partial charge in [0.15, 0.2) is 11.2 Å². The number of benzene rings is 4. The molecule has 0 bridgehead atoms. The van der Waals surface area contributed by atoms with Crippen LogP contribution in [0.5, 0.6) is 0 Å². The third-order valence-corrected chi connectivity index (χ3v) is 8.70. The van der Waals surface area contributed by atoms with E-state index in [9.17, 15) is 0 Å². The first-order valence-corrected chi connectivity index (χ1v) is 13.9. The third-order valence-electron chi connectivity index (χ3n) is 7.49. The maximum Gasteiger partial charge on any atom is 0.154 e. The minimum Gasteiger partial charge on any atom is -0.454 e. The first-order chi connectivity index (χ1) is 19.8. The van der Waals surface area contributed by atoms with Crippen LogP contribution in [0.25, 0.3) is 64.3 Å². The molecule has 0 unspecified atom stereocenters. The van der Waals surface area contributed by atoms with Crippen LogP contribution in [0.4, 0.5) is 17.3 Å². The summed E-state index contributed by atoms with van der Waals surface area (Å²) >= 11 is 1.79. The average molecular weight is 534 g/mol. The van der Waals surface area contributed by atoms with Crippen molar-refractivity contribution in [3.63, 3.8) is 0 Å². The molecule has 9 rings (SSSR count). The maximum absolute atomic E-state index is 6.10. The standard InChI is InChI=1S/C34H19N3O2S/c1-4-13-25-22(9-1)32-27(38-25)16-18-30(35-32)37(24-12-7-11-21-20-8-3-6-15-29(20)40-34(21)24)31-19-17-28-33(36-31)23-10-2-5-14-26(23)39-28/h1-19H. The van der Waals surface area contributed by atoms with Gasteiger partial charge in [-0.15, -0.1) is 11.3 Å². The fourth-order valence-electron chi connectivity index (χ4n) is 5.68. The molecule has 5 heterocycles. The summed E-state index contributed by atoms with van der Waals surface area (Å²) in [7, 11) is 0. The third kappa shape index (κ3) is 3.08. The largest absolute Gasteiger partial charge is 0.454 e. The first kappa shape index (κ1) is 21.7. The summed E-state index contributed by atoms with van der Waals surface area (Å²) in [5, 5.41) is 4.44. The van der Waals surface area contributed by atoms with E-state index < -0.39 is 0 Å². The summed E-state index contributed by atoms with van der Waals surface area (Å²) in [6.45, 7) is 0. The van der Waals surface area contributed by atoms with Crippen LogP contribution in [0, 0.1) is 0 Å². The highest BCUT2D eigenvalue weighted by Gasteiger charge is 2.22. The molecule has 0 aliphatic rings. The van der Waals surface area contributed by atoms with E-state index in [1.165, 1.54) is 20.2 Å². The second-order valence-electron chi connectivity index (χ2n) is 9.82. The Morgan fingerprint density at radius 3 is 1.68 bits per heavy atom. The molecule has 5 nitrogen and oxygen atoms in total. The molecule has 5 aromatic heterocycles. The number of aromatic nitrogens is 2.